The number of carbonyl (C=O) groups is 1. The van der Waals surface area contributed by atoms with E-state index in [0.717, 1.165) is 0 Å². The first-order valence-corrected chi connectivity index (χ1v) is 5.82. The summed E-state index contributed by atoms with van der Waals surface area (Å²) < 4.78 is 10.1. The smallest absolute Gasteiger partial charge is 0.327 e. The molecule has 1 unspecified atom stereocenters. The SMILES string of the molecule is CCOC(=O)C(N)c1ccc(OCC)c(Cl)c1. The number of nitrogens with two attached hydrogens (primary N) is 1. The lowest BCUT2D eigenvalue weighted by Gasteiger charge is -2.12. The summed E-state index contributed by atoms with van der Waals surface area (Å²) in [5, 5.41) is 0.434. The number of ether oxygens (including phenoxy) is 2. The van der Waals surface area contributed by atoms with Gasteiger partial charge in [0.2, 0.25) is 0 Å². The molecule has 94 valence electrons. The fourth-order valence-electron chi connectivity index (χ4n) is 1.35. The normalized spacial score (nSPS) is 12.0. The monoisotopic (exact) mass is 257 g/mol. The first kappa shape index (κ1) is 13.8. The number of hydrogen-bond donors (Lipinski definition) is 1. The van der Waals surface area contributed by atoms with Crippen molar-refractivity contribution < 1.29 is 14.3 Å². The largest absolute Gasteiger partial charge is 0.492 e. The van der Waals surface area contributed by atoms with Crippen LogP contribution in [0, 0.1) is 0 Å². The number of rotatable bonds is 5. The van der Waals surface area contributed by atoms with Gasteiger partial charge in [-0.2, -0.15) is 0 Å². The first-order valence-electron chi connectivity index (χ1n) is 5.44. The lowest BCUT2D eigenvalue weighted by molar-refractivity contribution is -0.144. The van der Waals surface area contributed by atoms with E-state index < -0.39 is 12.0 Å². The summed E-state index contributed by atoms with van der Waals surface area (Å²) in [6, 6.07) is 4.20. The number of halogens is 1. The molecule has 1 aromatic carbocycles. The van der Waals surface area contributed by atoms with E-state index in [1.165, 1.54) is 0 Å². The van der Waals surface area contributed by atoms with E-state index in [1.807, 2.05) is 6.92 Å². The Morgan fingerprint density at radius 2 is 2.12 bits per heavy atom. The fourth-order valence-corrected chi connectivity index (χ4v) is 1.59. The minimum Gasteiger partial charge on any atom is -0.492 e. The predicted octanol–water partition coefficient (Wildman–Crippen LogP) is 2.30. The lowest BCUT2D eigenvalue weighted by Crippen LogP contribution is -2.23. The van der Waals surface area contributed by atoms with Crippen molar-refractivity contribution >= 4 is 17.6 Å². The van der Waals surface area contributed by atoms with Crippen molar-refractivity contribution in [2.24, 2.45) is 5.73 Å². The van der Waals surface area contributed by atoms with Gasteiger partial charge in [-0.15, -0.1) is 0 Å². The third-order valence-corrected chi connectivity index (χ3v) is 2.45. The summed E-state index contributed by atoms with van der Waals surface area (Å²) in [5.41, 5.74) is 6.35. The Labute approximate surface area is 106 Å². The Morgan fingerprint density at radius 3 is 2.65 bits per heavy atom. The van der Waals surface area contributed by atoms with Crippen molar-refractivity contribution in [3.63, 3.8) is 0 Å². The fraction of sp³-hybridized carbons (Fsp3) is 0.417. The van der Waals surface area contributed by atoms with E-state index in [-0.39, 0.29) is 0 Å². The van der Waals surface area contributed by atoms with Gasteiger partial charge in [-0.3, -0.25) is 0 Å². The molecule has 0 aliphatic heterocycles. The molecule has 0 aromatic heterocycles. The van der Waals surface area contributed by atoms with Crippen LogP contribution in [0.3, 0.4) is 0 Å². The molecule has 17 heavy (non-hydrogen) atoms. The van der Waals surface area contributed by atoms with Gasteiger partial charge in [-0.05, 0) is 31.5 Å². The van der Waals surface area contributed by atoms with E-state index in [0.29, 0.717) is 29.5 Å². The third-order valence-electron chi connectivity index (χ3n) is 2.16. The van der Waals surface area contributed by atoms with Crippen molar-refractivity contribution in [1.29, 1.82) is 0 Å². The van der Waals surface area contributed by atoms with Crippen molar-refractivity contribution in [2.45, 2.75) is 19.9 Å². The second-order valence-corrected chi connectivity index (χ2v) is 3.76. The molecule has 0 amide bonds. The van der Waals surface area contributed by atoms with Crippen LogP contribution in [-0.2, 0) is 9.53 Å². The van der Waals surface area contributed by atoms with Crippen molar-refractivity contribution in [2.75, 3.05) is 13.2 Å². The molecule has 0 saturated carbocycles. The minimum absolute atomic E-state index is 0.303. The zero-order chi connectivity index (χ0) is 12.8. The zero-order valence-corrected chi connectivity index (χ0v) is 10.7. The molecule has 0 fully saturated rings. The maximum absolute atomic E-state index is 11.4. The van der Waals surface area contributed by atoms with Gasteiger partial charge in [0.25, 0.3) is 0 Å². The van der Waals surface area contributed by atoms with Gasteiger partial charge in [-0.1, -0.05) is 17.7 Å². The number of esters is 1. The Bertz CT molecular complexity index is 395. The topological polar surface area (TPSA) is 61.5 Å². The Hall–Kier alpha value is -1.26. The number of carbonyl (C=O) groups excluding carboxylic acids is 1. The summed E-state index contributed by atoms with van der Waals surface area (Å²) in [6.45, 7) is 4.44. The molecular formula is C12H16ClNO3. The Balaban J connectivity index is 2.85. The highest BCUT2D eigenvalue weighted by molar-refractivity contribution is 6.32. The Kier molecular flexibility index (Phi) is 5.25. The van der Waals surface area contributed by atoms with Crippen LogP contribution in [0.4, 0.5) is 0 Å². The van der Waals surface area contributed by atoms with Crippen LogP contribution in [0.15, 0.2) is 18.2 Å². The molecule has 0 saturated heterocycles. The van der Waals surface area contributed by atoms with Gasteiger partial charge < -0.3 is 15.2 Å². The summed E-state index contributed by atoms with van der Waals surface area (Å²) in [7, 11) is 0. The van der Waals surface area contributed by atoms with Crippen LogP contribution in [0.2, 0.25) is 5.02 Å². The van der Waals surface area contributed by atoms with Crippen LogP contribution >= 0.6 is 11.6 Å². The second kappa shape index (κ2) is 6.47. The average molecular weight is 258 g/mol. The zero-order valence-electron chi connectivity index (χ0n) is 9.90. The van der Waals surface area contributed by atoms with Gasteiger partial charge in [0.15, 0.2) is 0 Å². The molecule has 1 atom stereocenters. The molecule has 0 aliphatic rings. The lowest BCUT2D eigenvalue weighted by atomic mass is 10.1. The van der Waals surface area contributed by atoms with Crippen LogP contribution in [-0.4, -0.2) is 19.2 Å². The highest BCUT2D eigenvalue weighted by atomic mass is 35.5. The van der Waals surface area contributed by atoms with Gasteiger partial charge in [0.05, 0.1) is 18.2 Å². The maximum atomic E-state index is 11.4. The molecule has 0 aliphatic carbocycles. The minimum atomic E-state index is -0.817. The van der Waals surface area contributed by atoms with Crippen LogP contribution in [0.25, 0.3) is 0 Å². The van der Waals surface area contributed by atoms with Gasteiger partial charge in [0, 0.05) is 0 Å². The third kappa shape index (κ3) is 3.61. The van der Waals surface area contributed by atoms with Crippen LogP contribution < -0.4 is 10.5 Å². The van der Waals surface area contributed by atoms with Crippen molar-refractivity contribution in [3.8, 4) is 5.75 Å². The number of hydrogen-bond acceptors (Lipinski definition) is 4. The number of benzene rings is 1. The van der Waals surface area contributed by atoms with E-state index >= 15 is 0 Å². The quantitative estimate of drug-likeness (QED) is 0.823. The van der Waals surface area contributed by atoms with Gasteiger partial charge in [0.1, 0.15) is 11.8 Å². The predicted molar refractivity (Wildman–Crippen MR) is 66.2 cm³/mol. The van der Waals surface area contributed by atoms with E-state index in [1.54, 1.807) is 25.1 Å². The molecule has 1 rings (SSSR count). The van der Waals surface area contributed by atoms with E-state index in [9.17, 15) is 4.79 Å². The molecule has 2 N–H and O–H groups in total. The van der Waals surface area contributed by atoms with Crippen molar-refractivity contribution in [3.05, 3.63) is 28.8 Å². The Morgan fingerprint density at radius 1 is 1.41 bits per heavy atom. The summed E-state index contributed by atoms with van der Waals surface area (Å²) in [6.07, 6.45) is 0. The molecule has 5 heteroatoms. The summed E-state index contributed by atoms with van der Waals surface area (Å²) in [4.78, 5) is 11.4. The molecule has 0 radical (unpaired) electrons. The standard InChI is InChI=1S/C12H16ClNO3/c1-3-16-10-6-5-8(7-9(10)13)11(14)12(15)17-4-2/h5-7,11H,3-4,14H2,1-2H3. The first-order chi connectivity index (χ1) is 8.10. The average Bonchev–Trinajstić information content (AvgIpc) is 2.31. The van der Waals surface area contributed by atoms with Crippen LogP contribution in [0.5, 0.6) is 5.75 Å². The molecule has 0 spiro atoms. The summed E-state index contributed by atoms with van der Waals surface area (Å²) in [5.74, 6) is 0.113. The van der Waals surface area contributed by atoms with Crippen LogP contribution in [0.1, 0.15) is 25.5 Å². The molecule has 0 heterocycles. The molecule has 1 aromatic rings. The molecule has 4 nitrogen and oxygen atoms in total. The van der Waals surface area contributed by atoms with E-state index in [4.69, 9.17) is 26.8 Å². The second-order valence-electron chi connectivity index (χ2n) is 3.35. The highest BCUT2D eigenvalue weighted by Crippen LogP contribution is 2.27. The maximum Gasteiger partial charge on any atom is 0.327 e. The van der Waals surface area contributed by atoms with Crippen molar-refractivity contribution in [1.82, 2.24) is 0 Å². The summed E-state index contributed by atoms with van der Waals surface area (Å²) >= 11 is 6.00. The molecule has 0 bridgehead atoms. The van der Waals surface area contributed by atoms with E-state index in [2.05, 4.69) is 0 Å². The highest BCUT2D eigenvalue weighted by Gasteiger charge is 2.18. The van der Waals surface area contributed by atoms with Gasteiger partial charge in [-0.25, -0.2) is 4.79 Å². The van der Waals surface area contributed by atoms with Gasteiger partial charge >= 0.3 is 5.97 Å². The molecular weight excluding hydrogens is 242 g/mol.